The average molecular weight is 390 g/mol. The van der Waals surface area contributed by atoms with Crippen LogP contribution in [0, 0.1) is 0 Å². The highest BCUT2D eigenvalue weighted by Crippen LogP contribution is 2.29. The highest BCUT2D eigenvalue weighted by molar-refractivity contribution is 5.95. The van der Waals surface area contributed by atoms with Gasteiger partial charge >= 0.3 is 0 Å². The molecule has 0 saturated carbocycles. The topological polar surface area (TPSA) is 71.3 Å². The van der Waals surface area contributed by atoms with Crippen LogP contribution >= 0.6 is 0 Å². The first-order chi connectivity index (χ1) is 14.1. The molecule has 3 aromatic rings. The third kappa shape index (κ3) is 5.13. The molecule has 0 radical (unpaired) electrons. The minimum atomic E-state index is -0.0680. The van der Waals surface area contributed by atoms with Crippen LogP contribution in [-0.2, 0) is 0 Å². The Bertz CT molecular complexity index is 879. The zero-order chi connectivity index (χ0) is 20.6. The summed E-state index contributed by atoms with van der Waals surface area (Å²) in [5.74, 6) is 1.32. The molecular formula is C24H26N2O3. The fourth-order valence-corrected chi connectivity index (χ4v) is 2.90. The van der Waals surface area contributed by atoms with Crippen LogP contribution in [0.25, 0.3) is 22.6 Å². The van der Waals surface area contributed by atoms with Gasteiger partial charge in [0.15, 0.2) is 0 Å². The second-order valence-electron chi connectivity index (χ2n) is 6.83. The molecule has 2 aromatic carbocycles. The molecule has 0 spiro atoms. The Morgan fingerprint density at radius 3 is 1.38 bits per heavy atom. The van der Waals surface area contributed by atoms with Crippen LogP contribution in [0.4, 0.5) is 0 Å². The standard InChI is InChI=1S/C24H26N2O3/c1-3-15-25-23(27)19-9-5-17(6-10-19)21-13-14-22(29-21)18-7-11-20(12-8-18)24(28)26-16-4-2/h5-14H,3-4,15-16H2,1-2H3,(H,25,27)(H,26,28). The van der Waals surface area contributed by atoms with E-state index in [1.54, 1.807) is 24.3 Å². The molecular weight excluding hydrogens is 364 g/mol. The molecule has 1 heterocycles. The first kappa shape index (κ1) is 20.4. The molecule has 29 heavy (non-hydrogen) atoms. The minimum Gasteiger partial charge on any atom is -0.456 e. The smallest absolute Gasteiger partial charge is 0.251 e. The maximum Gasteiger partial charge on any atom is 0.251 e. The van der Waals surface area contributed by atoms with Gasteiger partial charge in [-0.05, 0) is 49.2 Å². The van der Waals surface area contributed by atoms with E-state index in [2.05, 4.69) is 10.6 Å². The predicted octanol–water partition coefficient (Wildman–Crippen LogP) is 4.89. The van der Waals surface area contributed by atoms with E-state index in [1.165, 1.54) is 0 Å². The monoisotopic (exact) mass is 390 g/mol. The van der Waals surface area contributed by atoms with Gasteiger partial charge in [-0.3, -0.25) is 9.59 Å². The lowest BCUT2D eigenvalue weighted by Crippen LogP contribution is -2.23. The van der Waals surface area contributed by atoms with Crippen LogP contribution in [0.5, 0.6) is 0 Å². The van der Waals surface area contributed by atoms with E-state index in [4.69, 9.17) is 4.42 Å². The van der Waals surface area contributed by atoms with E-state index in [0.29, 0.717) is 24.2 Å². The van der Waals surface area contributed by atoms with E-state index < -0.39 is 0 Å². The predicted molar refractivity (Wildman–Crippen MR) is 115 cm³/mol. The summed E-state index contributed by atoms with van der Waals surface area (Å²) in [6.45, 7) is 5.38. The average Bonchev–Trinajstić information content (AvgIpc) is 3.26. The van der Waals surface area contributed by atoms with Gasteiger partial charge in [0.2, 0.25) is 0 Å². The molecule has 0 aliphatic carbocycles. The molecule has 0 aliphatic rings. The van der Waals surface area contributed by atoms with Crippen molar-refractivity contribution >= 4 is 11.8 Å². The van der Waals surface area contributed by atoms with E-state index in [0.717, 1.165) is 35.5 Å². The summed E-state index contributed by atoms with van der Waals surface area (Å²) in [7, 11) is 0. The molecule has 0 saturated heterocycles. The number of rotatable bonds is 8. The number of amides is 2. The Balaban J connectivity index is 1.70. The molecule has 5 heteroatoms. The molecule has 2 amide bonds. The molecule has 150 valence electrons. The van der Waals surface area contributed by atoms with Gasteiger partial charge in [-0.1, -0.05) is 38.1 Å². The number of hydrogen-bond acceptors (Lipinski definition) is 3. The lowest BCUT2D eigenvalue weighted by Gasteiger charge is -2.05. The van der Waals surface area contributed by atoms with E-state index in [-0.39, 0.29) is 11.8 Å². The zero-order valence-corrected chi connectivity index (χ0v) is 16.8. The molecule has 1 aromatic heterocycles. The molecule has 0 bridgehead atoms. The fourth-order valence-electron chi connectivity index (χ4n) is 2.90. The van der Waals surface area contributed by atoms with E-state index >= 15 is 0 Å². The van der Waals surface area contributed by atoms with Gasteiger partial charge in [0, 0.05) is 35.3 Å². The van der Waals surface area contributed by atoms with E-state index in [9.17, 15) is 9.59 Å². The first-order valence-electron chi connectivity index (χ1n) is 9.99. The summed E-state index contributed by atoms with van der Waals surface area (Å²) < 4.78 is 5.99. The van der Waals surface area contributed by atoms with Gasteiger partial charge in [0.25, 0.3) is 11.8 Å². The van der Waals surface area contributed by atoms with Crippen molar-refractivity contribution in [3.05, 3.63) is 71.8 Å². The van der Waals surface area contributed by atoms with Crippen LogP contribution in [0.3, 0.4) is 0 Å². The highest BCUT2D eigenvalue weighted by Gasteiger charge is 2.10. The second kappa shape index (κ2) is 9.73. The summed E-state index contributed by atoms with van der Waals surface area (Å²) >= 11 is 0. The molecule has 0 fully saturated rings. The van der Waals surface area contributed by atoms with Crippen molar-refractivity contribution in [2.24, 2.45) is 0 Å². The molecule has 5 nitrogen and oxygen atoms in total. The maximum absolute atomic E-state index is 12.0. The van der Waals surface area contributed by atoms with Crippen molar-refractivity contribution in [2.75, 3.05) is 13.1 Å². The number of benzene rings is 2. The summed E-state index contributed by atoms with van der Waals surface area (Å²) in [5.41, 5.74) is 3.06. The first-order valence-corrected chi connectivity index (χ1v) is 9.99. The van der Waals surface area contributed by atoms with Gasteiger partial charge in [-0.2, -0.15) is 0 Å². The van der Waals surface area contributed by atoms with Crippen molar-refractivity contribution in [1.82, 2.24) is 10.6 Å². The van der Waals surface area contributed by atoms with Crippen LogP contribution in [0.1, 0.15) is 47.4 Å². The van der Waals surface area contributed by atoms with Gasteiger partial charge in [-0.15, -0.1) is 0 Å². The molecule has 0 unspecified atom stereocenters. The third-order valence-corrected chi connectivity index (χ3v) is 4.54. The number of nitrogens with one attached hydrogen (secondary N) is 2. The maximum atomic E-state index is 12.0. The third-order valence-electron chi connectivity index (χ3n) is 4.54. The minimum absolute atomic E-state index is 0.0680. The normalized spacial score (nSPS) is 10.6. The van der Waals surface area contributed by atoms with Gasteiger partial charge in [-0.25, -0.2) is 0 Å². The van der Waals surface area contributed by atoms with Gasteiger partial charge < -0.3 is 15.1 Å². The van der Waals surface area contributed by atoms with E-state index in [1.807, 2.05) is 50.2 Å². The highest BCUT2D eigenvalue weighted by atomic mass is 16.3. The lowest BCUT2D eigenvalue weighted by atomic mass is 10.1. The van der Waals surface area contributed by atoms with Crippen molar-refractivity contribution in [3.8, 4) is 22.6 Å². The second-order valence-corrected chi connectivity index (χ2v) is 6.83. The summed E-state index contributed by atoms with van der Waals surface area (Å²) in [5, 5.41) is 5.73. The van der Waals surface area contributed by atoms with Crippen LogP contribution in [0.15, 0.2) is 65.1 Å². The Morgan fingerprint density at radius 1 is 0.655 bits per heavy atom. The summed E-state index contributed by atoms with van der Waals surface area (Å²) in [6.07, 6.45) is 1.81. The molecule has 0 aliphatic heterocycles. The molecule has 3 rings (SSSR count). The number of carbonyl (C=O) groups excluding carboxylic acids is 2. The molecule has 2 N–H and O–H groups in total. The Morgan fingerprint density at radius 2 is 1.03 bits per heavy atom. The Labute approximate surface area is 171 Å². The number of furan rings is 1. The van der Waals surface area contributed by atoms with Gasteiger partial charge in [0.1, 0.15) is 11.5 Å². The fraction of sp³-hybridized carbons (Fsp3) is 0.250. The van der Waals surface area contributed by atoms with Crippen molar-refractivity contribution < 1.29 is 14.0 Å². The SMILES string of the molecule is CCCNC(=O)c1ccc(-c2ccc(-c3ccc(C(=O)NCCC)cc3)o2)cc1. The number of carbonyl (C=O) groups is 2. The number of hydrogen-bond donors (Lipinski definition) is 2. The Hall–Kier alpha value is -3.34. The summed E-state index contributed by atoms with van der Waals surface area (Å²) in [6, 6.07) is 18.5. The van der Waals surface area contributed by atoms with Crippen molar-refractivity contribution in [2.45, 2.75) is 26.7 Å². The zero-order valence-electron chi connectivity index (χ0n) is 16.8. The summed E-state index contributed by atoms with van der Waals surface area (Å²) in [4.78, 5) is 24.0. The quantitative estimate of drug-likeness (QED) is 0.575. The van der Waals surface area contributed by atoms with Crippen molar-refractivity contribution in [3.63, 3.8) is 0 Å². The Kier molecular flexibility index (Phi) is 6.85. The lowest BCUT2D eigenvalue weighted by molar-refractivity contribution is 0.0945. The van der Waals surface area contributed by atoms with Crippen LogP contribution in [-0.4, -0.2) is 24.9 Å². The van der Waals surface area contributed by atoms with Crippen LogP contribution < -0.4 is 10.6 Å². The largest absolute Gasteiger partial charge is 0.456 e. The van der Waals surface area contributed by atoms with Crippen molar-refractivity contribution in [1.29, 1.82) is 0 Å². The van der Waals surface area contributed by atoms with Gasteiger partial charge in [0.05, 0.1) is 0 Å². The van der Waals surface area contributed by atoms with Crippen LogP contribution in [0.2, 0.25) is 0 Å². The molecule has 0 atom stereocenters.